The van der Waals surface area contributed by atoms with E-state index in [1.807, 2.05) is 13.8 Å². The number of ether oxygens (including phenoxy) is 1. The maximum Gasteiger partial charge on any atom is 0.334 e. The molecule has 6 heteroatoms. The van der Waals surface area contributed by atoms with Crippen molar-refractivity contribution in [2.45, 2.75) is 32.4 Å². The molecule has 1 aliphatic heterocycles. The molecule has 0 aliphatic carbocycles. The fourth-order valence-corrected chi connectivity index (χ4v) is 1.39. The van der Waals surface area contributed by atoms with Gasteiger partial charge in [-0.25, -0.2) is 9.59 Å². The van der Waals surface area contributed by atoms with Gasteiger partial charge in [-0.05, 0) is 13.3 Å². The Kier molecular flexibility index (Phi) is 4.54. The van der Waals surface area contributed by atoms with Crippen molar-refractivity contribution >= 4 is 12.0 Å². The zero-order chi connectivity index (χ0) is 12.1. The van der Waals surface area contributed by atoms with Gasteiger partial charge < -0.3 is 20.1 Å². The fourth-order valence-electron chi connectivity index (χ4n) is 1.39. The molecule has 1 rings (SSSR count). The Hall–Kier alpha value is -1.30. The molecule has 6 nitrogen and oxygen atoms in total. The highest BCUT2D eigenvalue weighted by Gasteiger charge is 2.29. The van der Waals surface area contributed by atoms with Crippen LogP contribution in [0, 0.1) is 0 Å². The van der Waals surface area contributed by atoms with Crippen molar-refractivity contribution in [1.82, 2.24) is 10.2 Å². The van der Waals surface area contributed by atoms with Gasteiger partial charge >= 0.3 is 12.0 Å². The Labute approximate surface area is 94.6 Å². The number of rotatable bonds is 3. The van der Waals surface area contributed by atoms with E-state index in [-0.39, 0.29) is 25.2 Å². The molecule has 0 saturated carbocycles. The summed E-state index contributed by atoms with van der Waals surface area (Å²) in [5, 5.41) is 11.6. The van der Waals surface area contributed by atoms with E-state index in [9.17, 15) is 9.59 Å². The maximum atomic E-state index is 11.7. The maximum absolute atomic E-state index is 11.7. The second-order valence-electron chi connectivity index (χ2n) is 3.90. The molecule has 1 heterocycles. The zero-order valence-electron chi connectivity index (χ0n) is 9.60. The zero-order valence-corrected chi connectivity index (χ0v) is 9.60. The van der Waals surface area contributed by atoms with Gasteiger partial charge in [0.05, 0.1) is 13.2 Å². The molecule has 0 aromatic rings. The number of carbonyl (C=O) groups is 2. The Morgan fingerprint density at radius 1 is 1.62 bits per heavy atom. The topological polar surface area (TPSA) is 78.9 Å². The van der Waals surface area contributed by atoms with Crippen LogP contribution in [0.15, 0.2) is 0 Å². The van der Waals surface area contributed by atoms with E-state index in [1.54, 1.807) is 0 Å². The van der Waals surface area contributed by atoms with Crippen LogP contribution < -0.4 is 5.32 Å². The lowest BCUT2D eigenvalue weighted by Gasteiger charge is -2.31. The van der Waals surface area contributed by atoms with Gasteiger partial charge in [-0.3, -0.25) is 0 Å². The van der Waals surface area contributed by atoms with Crippen LogP contribution in [0.1, 0.15) is 20.3 Å². The van der Waals surface area contributed by atoms with Crippen LogP contribution in [-0.2, 0) is 9.53 Å². The smallest absolute Gasteiger partial charge is 0.334 e. The summed E-state index contributed by atoms with van der Waals surface area (Å²) in [5.74, 6) is -1.03. The minimum atomic E-state index is -1.03. The molecule has 16 heavy (non-hydrogen) atoms. The number of amides is 2. The van der Waals surface area contributed by atoms with Crippen LogP contribution in [0.4, 0.5) is 4.79 Å². The molecule has 0 aromatic heterocycles. The third kappa shape index (κ3) is 3.37. The predicted molar refractivity (Wildman–Crippen MR) is 57.2 cm³/mol. The van der Waals surface area contributed by atoms with Crippen LogP contribution >= 0.6 is 0 Å². The fraction of sp³-hybridized carbons (Fsp3) is 0.800. The van der Waals surface area contributed by atoms with Crippen molar-refractivity contribution in [3.63, 3.8) is 0 Å². The molecule has 0 spiro atoms. The average Bonchev–Trinajstić information content (AvgIpc) is 2.28. The second-order valence-corrected chi connectivity index (χ2v) is 3.90. The molecular weight excluding hydrogens is 212 g/mol. The van der Waals surface area contributed by atoms with Crippen LogP contribution in [0.3, 0.4) is 0 Å². The number of nitrogens with zero attached hydrogens (tertiary/aromatic N) is 1. The van der Waals surface area contributed by atoms with E-state index in [4.69, 9.17) is 9.84 Å². The molecule has 2 atom stereocenters. The quantitative estimate of drug-likeness (QED) is 0.730. The molecule has 0 radical (unpaired) electrons. The average molecular weight is 230 g/mol. The van der Waals surface area contributed by atoms with Gasteiger partial charge in [0.2, 0.25) is 0 Å². The molecule has 2 N–H and O–H groups in total. The Morgan fingerprint density at radius 3 is 2.88 bits per heavy atom. The highest BCUT2D eigenvalue weighted by molar-refractivity contribution is 5.77. The van der Waals surface area contributed by atoms with Crippen LogP contribution in [0.25, 0.3) is 0 Å². The Bertz CT molecular complexity index is 270. The van der Waals surface area contributed by atoms with Crippen molar-refractivity contribution in [3.8, 4) is 0 Å². The molecule has 1 aliphatic rings. The monoisotopic (exact) mass is 230 g/mol. The van der Waals surface area contributed by atoms with Gasteiger partial charge in [0.25, 0.3) is 0 Å². The molecule has 1 saturated heterocycles. The van der Waals surface area contributed by atoms with Crippen molar-refractivity contribution in [2.75, 3.05) is 19.7 Å². The van der Waals surface area contributed by atoms with Gasteiger partial charge in [-0.15, -0.1) is 0 Å². The first-order chi connectivity index (χ1) is 7.54. The van der Waals surface area contributed by atoms with Crippen molar-refractivity contribution < 1.29 is 19.4 Å². The van der Waals surface area contributed by atoms with Gasteiger partial charge in [0, 0.05) is 12.6 Å². The number of morpholine rings is 1. The summed E-state index contributed by atoms with van der Waals surface area (Å²) in [7, 11) is 0. The molecular formula is C10H18N2O4. The molecule has 92 valence electrons. The number of carbonyl (C=O) groups excluding carboxylic acids is 1. The molecule has 0 bridgehead atoms. The largest absolute Gasteiger partial charge is 0.479 e. The van der Waals surface area contributed by atoms with E-state index >= 15 is 0 Å². The summed E-state index contributed by atoms with van der Waals surface area (Å²) >= 11 is 0. The normalized spacial score (nSPS) is 22.6. The van der Waals surface area contributed by atoms with Gasteiger partial charge in [-0.1, -0.05) is 6.92 Å². The summed E-state index contributed by atoms with van der Waals surface area (Å²) in [4.78, 5) is 23.9. The third-order valence-electron chi connectivity index (χ3n) is 2.61. The highest BCUT2D eigenvalue weighted by Crippen LogP contribution is 2.06. The Morgan fingerprint density at radius 2 is 2.31 bits per heavy atom. The number of hydrogen-bond donors (Lipinski definition) is 2. The number of carboxylic acid groups (broad SMARTS) is 1. The summed E-state index contributed by atoms with van der Waals surface area (Å²) in [6, 6.07) is -0.123. The standard InChI is InChI=1S/C10H18N2O4/c1-3-7(2)11-10(15)12-4-5-16-8(6-12)9(13)14/h7-8H,3-6H2,1-2H3,(H,11,15)(H,13,14). The number of carboxylic acids is 1. The highest BCUT2D eigenvalue weighted by atomic mass is 16.5. The summed E-state index contributed by atoms with van der Waals surface area (Å²) in [6.45, 7) is 4.70. The summed E-state index contributed by atoms with van der Waals surface area (Å²) in [5.41, 5.74) is 0. The molecule has 2 amide bonds. The minimum absolute atomic E-state index is 0.0959. The number of nitrogens with one attached hydrogen (secondary N) is 1. The van der Waals surface area contributed by atoms with E-state index in [0.29, 0.717) is 6.54 Å². The summed E-state index contributed by atoms with van der Waals surface area (Å²) in [6.07, 6.45) is -0.0604. The lowest BCUT2D eigenvalue weighted by atomic mass is 10.2. The minimum Gasteiger partial charge on any atom is -0.479 e. The summed E-state index contributed by atoms with van der Waals surface area (Å²) < 4.78 is 5.03. The van der Waals surface area contributed by atoms with Crippen molar-refractivity contribution in [2.24, 2.45) is 0 Å². The van der Waals surface area contributed by atoms with Gasteiger partial charge in [-0.2, -0.15) is 0 Å². The molecule has 1 fully saturated rings. The van der Waals surface area contributed by atoms with E-state index in [1.165, 1.54) is 4.90 Å². The third-order valence-corrected chi connectivity index (χ3v) is 2.61. The van der Waals surface area contributed by atoms with E-state index in [2.05, 4.69) is 5.32 Å². The predicted octanol–water partition coefficient (Wildman–Crippen LogP) is 0.280. The second kappa shape index (κ2) is 5.69. The van der Waals surface area contributed by atoms with Gasteiger partial charge in [0.15, 0.2) is 6.10 Å². The van der Waals surface area contributed by atoms with Crippen LogP contribution in [0.5, 0.6) is 0 Å². The van der Waals surface area contributed by atoms with Gasteiger partial charge in [0.1, 0.15) is 0 Å². The molecule has 0 aromatic carbocycles. The first-order valence-corrected chi connectivity index (χ1v) is 5.44. The molecule has 2 unspecified atom stereocenters. The number of urea groups is 1. The SMILES string of the molecule is CCC(C)NC(=O)N1CCOC(C(=O)O)C1. The first-order valence-electron chi connectivity index (χ1n) is 5.44. The van der Waals surface area contributed by atoms with Crippen molar-refractivity contribution in [3.05, 3.63) is 0 Å². The van der Waals surface area contributed by atoms with Crippen molar-refractivity contribution in [1.29, 1.82) is 0 Å². The van der Waals surface area contributed by atoms with Crippen LogP contribution in [0.2, 0.25) is 0 Å². The van der Waals surface area contributed by atoms with E-state index < -0.39 is 12.1 Å². The first kappa shape index (κ1) is 12.8. The van der Waals surface area contributed by atoms with E-state index in [0.717, 1.165) is 6.42 Å². The number of aliphatic carboxylic acids is 1. The lowest BCUT2D eigenvalue weighted by Crippen LogP contribution is -2.53. The van der Waals surface area contributed by atoms with Crippen LogP contribution in [-0.4, -0.2) is 53.8 Å². The lowest BCUT2D eigenvalue weighted by molar-refractivity contribution is -0.154. The number of hydrogen-bond acceptors (Lipinski definition) is 3. The Balaban J connectivity index is 2.47.